The number of rotatable bonds is 13. The summed E-state index contributed by atoms with van der Waals surface area (Å²) >= 11 is 0. The van der Waals surface area contributed by atoms with Crippen molar-refractivity contribution in [1.29, 1.82) is 0 Å². The molecule has 0 spiro atoms. The number of hydrogen-bond donors (Lipinski definition) is 2. The second kappa shape index (κ2) is 17.1. The predicted molar refractivity (Wildman–Crippen MR) is 188 cm³/mol. The van der Waals surface area contributed by atoms with Gasteiger partial charge in [0.15, 0.2) is 5.72 Å². The van der Waals surface area contributed by atoms with Gasteiger partial charge in [0.25, 0.3) is 5.56 Å². The van der Waals surface area contributed by atoms with Crippen LogP contribution in [0.4, 0.5) is 30.7 Å². The zero-order chi connectivity index (χ0) is 40.2. The third-order valence-electron chi connectivity index (χ3n) is 9.58. The van der Waals surface area contributed by atoms with Gasteiger partial charge < -0.3 is 24.6 Å². The van der Waals surface area contributed by atoms with Crippen LogP contribution in [-0.2, 0) is 38.8 Å². The third kappa shape index (κ3) is 10.1. The van der Waals surface area contributed by atoms with Crippen molar-refractivity contribution in [3.05, 3.63) is 92.1 Å². The van der Waals surface area contributed by atoms with Gasteiger partial charge in [-0.2, -0.15) is 26.3 Å². The molecule has 1 aliphatic heterocycles. The van der Waals surface area contributed by atoms with E-state index < -0.39 is 76.4 Å². The van der Waals surface area contributed by atoms with Crippen LogP contribution in [0, 0.1) is 25.6 Å². The average molecular weight is 770 g/mol. The fraction of sp³-hybridized carbons (Fsp3) is 0.513. The molecule has 1 aliphatic rings. The van der Waals surface area contributed by atoms with Crippen LogP contribution in [0.1, 0.15) is 92.3 Å². The molecule has 1 unspecified atom stereocenters. The molecule has 0 radical (unpaired) electrons. The highest BCUT2D eigenvalue weighted by atomic mass is 19.4. The van der Waals surface area contributed by atoms with E-state index in [0.717, 1.165) is 36.1 Å². The maximum atomic E-state index is 16.1. The van der Waals surface area contributed by atoms with Crippen molar-refractivity contribution in [2.75, 3.05) is 26.2 Å². The Bertz CT molecular complexity index is 1860. The molecule has 1 saturated heterocycles. The van der Waals surface area contributed by atoms with Gasteiger partial charge in [0.1, 0.15) is 11.9 Å². The number of aryl methyl sites for hydroxylation is 2. The lowest BCUT2D eigenvalue weighted by Gasteiger charge is -2.33. The summed E-state index contributed by atoms with van der Waals surface area (Å²) in [5.74, 6) is -4.84. The fourth-order valence-electron chi connectivity index (χ4n) is 7.01. The molecule has 2 heterocycles. The Hall–Kier alpha value is -4.24. The van der Waals surface area contributed by atoms with Crippen LogP contribution in [0.5, 0.6) is 0 Å². The number of carbonyl (C=O) groups is 2. The van der Waals surface area contributed by atoms with Gasteiger partial charge in [0, 0.05) is 24.4 Å². The van der Waals surface area contributed by atoms with Gasteiger partial charge in [-0.05, 0) is 105 Å². The second-order valence-corrected chi connectivity index (χ2v) is 14.2. The lowest BCUT2D eigenvalue weighted by atomic mass is 9.88. The maximum Gasteiger partial charge on any atom is 0.419 e. The van der Waals surface area contributed by atoms with Gasteiger partial charge >= 0.3 is 18.3 Å². The van der Waals surface area contributed by atoms with E-state index in [1.807, 2.05) is 4.90 Å². The van der Waals surface area contributed by atoms with E-state index in [0.29, 0.717) is 36.3 Å². The minimum atomic E-state index is -5.29. The molecule has 1 amide bonds. The van der Waals surface area contributed by atoms with Gasteiger partial charge in [-0.3, -0.25) is 14.4 Å². The minimum Gasteiger partial charge on any atom is -0.466 e. The zero-order valence-electron chi connectivity index (χ0n) is 30.9. The molecule has 0 saturated carbocycles. The van der Waals surface area contributed by atoms with Crippen molar-refractivity contribution >= 4 is 11.9 Å². The number of nitrogens with one attached hydrogen (secondary N) is 1. The van der Waals surface area contributed by atoms with Crippen LogP contribution >= 0.6 is 0 Å². The number of piperidine rings is 1. The van der Waals surface area contributed by atoms with Gasteiger partial charge in [-0.15, -0.1) is 0 Å². The molecule has 2 atom stereocenters. The van der Waals surface area contributed by atoms with E-state index in [9.17, 15) is 45.8 Å². The Balaban J connectivity index is 1.89. The molecule has 2 aromatic carbocycles. The second-order valence-electron chi connectivity index (χ2n) is 14.2. The first-order valence-corrected chi connectivity index (χ1v) is 17.9. The molecule has 4 rings (SSSR count). The normalized spacial score (nSPS) is 15.9. The fourth-order valence-corrected chi connectivity index (χ4v) is 7.01. The number of carbonyl (C=O) groups excluding carboxylic acids is 2. The van der Waals surface area contributed by atoms with Crippen LogP contribution in [0.25, 0.3) is 11.1 Å². The molecule has 2 N–H and O–H groups in total. The van der Waals surface area contributed by atoms with Crippen LogP contribution in [0.15, 0.2) is 47.4 Å². The van der Waals surface area contributed by atoms with Crippen molar-refractivity contribution in [1.82, 2.24) is 14.8 Å². The van der Waals surface area contributed by atoms with Crippen LogP contribution in [0.2, 0.25) is 0 Å². The molecule has 1 aromatic heterocycles. The van der Waals surface area contributed by atoms with Crippen molar-refractivity contribution in [3.63, 3.8) is 0 Å². The number of hydrogen-bond acceptors (Lipinski definition) is 6. The molecular weight excluding hydrogens is 723 g/mol. The average Bonchev–Trinajstić information content (AvgIpc) is 3.06. The number of ether oxygens (including phenoxy) is 1. The Labute approximate surface area is 309 Å². The number of halogens is 7. The molecule has 0 aliphatic carbocycles. The monoisotopic (exact) mass is 769 g/mol. The molecule has 54 heavy (non-hydrogen) atoms. The summed E-state index contributed by atoms with van der Waals surface area (Å²) in [6, 6.07) is 5.11. The Morgan fingerprint density at radius 1 is 0.926 bits per heavy atom. The van der Waals surface area contributed by atoms with Crippen molar-refractivity contribution in [3.8, 4) is 11.1 Å². The quantitative estimate of drug-likeness (QED) is 0.104. The number of pyridine rings is 1. The van der Waals surface area contributed by atoms with Crippen LogP contribution < -0.4 is 10.9 Å². The zero-order valence-corrected chi connectivity index (χ0v) is 30.9. The van der Waals surface area contributed by atoms with Crippen molar-refractivity contribution < 1.29 is 50.2 Å². The van der Waals surface area contributed by atoms with Crippen molar-refractivity contribution in [2.45, 2.75) is 97.3 Å². The summed E-state index contributed by atoms with van der Waals surface area (Å²) in [7, 11) is 0. The Kier molecular flexibility index (Phi) is 13.4. The maximum absolute atomic E-state index is 16.1. The van der Waals surface area contributed by atoms with Crippen molar-refractivity contribution in [2.24, 2.45) is 5.92 Å². The lowest BCUT2D eigenvalue weighted by Crippen LogP contribution is -2.51. The molecule has 3 aromatic rings. The summed E-state index contributed by atoms with van der Waals surface area (Å²) in [5, 5.41) is 14.2. The summed E-state index contributed by atoms with van der Waals surface area (Å²) in [6.07, 6.45) is -8.06. The summed E-state index contributed by atoms with van der Waals surface area (Å²) in [6.45, 7) is 9.34. The van der Waals surface area contributed by atoms with E-state index in [4.69, 9.17) is 4.74 Å². The molecule has 8 nitrogen and oxygen atoms in total. The Morgan fingerprint density at radius 3 is 2.07 bits per heavy atom. The molecule has 0 bridgehead atoms. The summed E-state index contributed by atoms with van der Waals surface area (Å²) in [5.41, 5.74) is -7.62. The van der Waals surface area contributed by atoms with E-state index >= 15 is 4.39 Å². The predicted octanol–water partition coefficient (Wildman–Crippen LogP) is 7.84. The first-order valence-electron chi connectivity index (χ1n) is 17.9. The highest BCUT2D eigenvalue weighted by molar-refractivity contribution is 5.83. The van der Waals surface area contributed by atoms with Gasteiger partial charge in [-0.25, -0.2) is 4.39 Å². The SMILES string of the molecule is CCOC(=O)C[C@@](O)(NC(=O)C(CC(C)C)n1cc(CCN2CCCCC2)c(C(F)(F)F)cc1=O)c1cc(-c2c(C)cccc2C)cc(C(F)(F)F)c1F. The summed E-state index contributed by atoms with van der Waals surface area (Å²) < 4.78 is 108. The number of aromatic nitrogens is 1. The van der Waals surface area contributed by atoms with E-state index in [-0.39, 0.29) is 42.7 Å². The van der Waals surface area contributed by atoms with E-state index in [2.05, 4.69) is 5.32 Å². The highest BCUT2D eigenvalue weighted by Crippen LogP contribution is 2.41. The number of likely N-dealkylation sites (tertiary alicyclic amines) is 1. The number of amides is 1. The highest BCUT2D eigenvalue weighted by Gasteiger charge is 2.44. The number of benzene rings is 2. The van der Waals surface area contributed by atoms with E-state index in [1.165, 1.54) is 6.92 Å². The molecular formula is C39H46F7N3O5. The number of aliphatic hydroxyl groups is 1. The summed E-state index contributed by atoms with van der Waals surface area (Å²) in [4.78, 5) is 42.5. The lowest BCUT2D eigenvalue weighted by molar-refractivity contribution is -0.153. The molecule has 1 fully saturated rings. The first-order chi connectivity index (χ1) is 25.2. The van der Waals surface area contributed by atoms with Crippen LogP contribution in [-0.4, -0.2) is 52.7 Å². The first kappa shape index (κ1) is 42.5. The standard InChI is InChI=1S/C39H46F7N3O5/c1-6-54-33(51)21-37(53,29-18-27(19-30(35(29)40)39(44,45)46)34-24(4)11-10-12-25(34)5)47-36(52)31(17-23(2)3)49-22-26(13-16-48-14-8-7-9-15-48)28(20-32(49)50)38(41,42)43/h10-12,18-20,22-23,31,53H,6-9,13-17,21H2,1-5H3,(H,47,52)/t31?,37-/m0/s1. The Morgan fingerprint density at radius 2 is 1.52 bits per heavy atom. The van der Waals surface area contributed by atoms with Gasteiger partial charge in [0.05, 0.1) is 24.2 Å². The molecule has 15 heteroatoms. The number of esters is 1. The van der Waals surface area contributed by atoms with Gasteiger partial charge in [-0.1, -0.05) is 38.5 Å². The minimum absolute atomic E-state index is 0.117. The topological polar surface area (TPSA) is 101 Å². The van der Waals surface area contributed by atoms with Crippen LogP contribution in [0.3, 0.4) is 0 Å². The third-order valence-corrected chi connectivity index (χ3v) is 9.58. The number of alkyl halides is 6. The smallest absolute Gasteiger partial charge is 0.419 e. The van der Waals surface area contributed by atoms with E-state index in [1.54, 1.807) is 45.9 Å². The number of nitrogens with zero attached hydrogens (tertiary/aromatic N) is 2. The molecule has 296 valence electrons. The largest absolute Gasteiger partial charge is 0.466 e. The van der Waals surface area contributed by atoms with Gasteiger partial charge in [0.2, 0.25) is 5.91 Å².